The van der Waals surface area contributed by atoms with Crippen molar-refractivity contribution < 1.29 is 4.79 Å². The molecular weight excluding hydrogens is 178 g/mol. The molecule has 0 aliphatic carbocycles. The molecule has 4 heteroatoms. The maximum atomic E-state index is 10.9. The fourth-order valence-corrected chi connectivity index (χ4v) is 1.07. The first-order valence-electron chi connectivity index (χ1n) is 4.60. The zero-order valence-electron chi connectivity index (χ0n) is 8.29. The summed E-state index contributed by atoms with van der Waals surface area (Å²) in [5, 5.41) is 3.15. The van der Waals surface area contributed by atoms with Crippen molar-refractivity contribution in [1.82, 2.24) is 10.3 Å². The highest BCUT2D eigenvalue weighted by Crippen LogP contribution is 2.00. The molecule has 0 spiro atoms. The Balaban J connectivity index is 2.51. The van der Waals surface area contributed by atoms with Crippen LogP contribution in [0.4, 0.5) is 0 Å². The largest absolute Gasteiger partial charge is 0.329 e. The lowest BCUT2D eigenvalue weighted by molar-refractivity contribution is 0.101. The number of carbonyl (C=O) groups excluding carboxylic acids is 1. The number of hydrogen-bond donors (Lipinski definition) is 2. The smallest absolute Gasteiger partial charge is 0.178 e. The van der Waals surface area contributed by atoms with Gasteiger partial charge in [0.2, 0.25) is 0 Å². The van der Waals surface area contributed by atoms with Gasteiger partial charge in [-0.05, 0) is 11.6 Å². The van der Waals surface area contributed by atoms with E-state index < -0.39 is 0 Å². The van der Waals surface area contributed by atoms with Gasteiger partial charge in [0.15, 0.2) is 5.78 Å². The van der Waals surface area contributed by atoms with E-state index in [0.29, 0.717) is 12.2 Å². The van der Waals surface area contributed by atoms with Crippen molar-refractivity contribution in [2.75, 3.05) is 13.1 Å². The van der Waals surface area contributed by atoms with Gasteiger partial charge in [-0.25, -0.2) is 0 Å². The maximum Gasteiger partial charge on any atom is 0.178 e. The number of carbonyl (C=O) groups is 1. The van der Waals surface area contributed by atoms with Crippen molar-refractivity contribution in [3.8, 4) is 0 Å². The number of hydrogen-bond acceptors (Lipinski definition) is 4. The standard InChI is InChI=1S/C10H15N3O/c1-8(14)10-3-2-9(7-13-10)6-12-5-4-11/h2-3,7,12H,4-6,11H2,1H3. The molecule has 0 aliphatic rings. The Bertz CT molecular complexity index is 295. The fraction of sp³-hybridized carbons (Fsp3) is 0.400. The Morgan fingerprint density at radius 2 is 2.36 bits per heavy atom. The molecule has 0 bridgehead atoms. The van der Waals surface area contributed by atoms with Gasteiger partial charge < -0.3 is 11.1 Å². The molecule has 3 N–H and O–H groups in total. The van der Waals surface area contributed by atoms with Crippen molar-refractivity contribution in [3.05, 3.63) is 29.6 Å². The van der Waals surface area contributed by atoms with Crippen LogP contribution in [0.25, 0.3) is 0 Å². The molecule has 0 unspecified atom stereocenters. The normalized spacial score (nSPS) is 10.1. The van der Waals surface area contributed by atoms with E-state index in [1.54, 1.807) is 12.3 Å². The summed E-state index contributed by atoms with van der Waals surface area (Å²) in [4.78, 5) is 15.0. The molecule has 0 amide bonds. The average molecular weight is 193 g/mol. The second kappa shape index (κ2) is 5.47. The number of pyridine rings is 1. The van der Waals surface area contributed by atoms with Crippen LogP contribution in [0.2, 0.25) is 0 Å². The van der Waals surface area contributed by atoms with Crippen LogP contribution in [0.5, 0.6) is 0 Å². The van der Waals surface area contributed by atoms with Crippen molar-refractivity contribution in [1.29, 1.82) is 0 Å². The van der Waals surface area contributed by atoms with Gasteiger partial charge in [-0.2, -0.15) is 0 Å². The van der Waals surface area contributed by atoms with E-state index in [1.807, 2.05) is 6.07 Å². The zero-order valence-corrected chi connectivity index (χ0v) is 8.29. The predicted octanol–water partition coefficient (Wildman–Crippen LogP) is 0.332. The highest BCUT2D eigenvalue weighted by molar-refractivity contribution is 5.91. The van der Waals surface area contributed by atoms with Gasteiger partial charge in [0.05, 0.1) is 0 Å². The first-order chi connectivity index (χ1) is 6.74. The van der Waals surface area contributed by atoms with Crippen LogP contribution >= 0.6 is 0 Å². The first-order valence-corrected chi connectivity index (χ1v) is 4.60. The molecular formula is C10H15N3O. The lowest BCUT2D eigenvalue weighted by Crippen LogP contribution is -2.21. The molecule has 1 aromatic heterocycles. The topological polar surface area (TPSA) is 68.0 Å². The highest BCUT2D eigenvalue weighted by atomic mass is 16.1. The Labute approximate surface area is 83.5 Å². The average Bonchev–Trinajstić information content (AvgIpc) is 2.19. The SMILES string of the molecule is CC(=O)c1ccc(CNCCN)cn1. The second-order valence-electron chi connectivity index (χ2n) is 3.07. The van der Waals surface area contributed by atoms with E-state index in [2.05, 4.69) is 10.3 Å². The van der Waals surface area contributed by atoms with Crippen LogP contribution in [0.3, 0.4) is 0 Å². The third-order valence-corrected chi connectivity index (χ3v) is 1.84. The van der Waals surface area contributed by atoms with Crippen molar-refractivity contribution in [2.24, 2.45) is 5.73 Å². The summed E-state index contributed by atoms with van der Waals surface area (Å²) in [7, 11) is 0. The maximum absolute atomic E-state index is 10.9. The van der Waals surface area contributed by atoms with E-state index in [1.165, 1.54) is 6.92 Å². The van der Waals surface area contributed by atoms with Gasteiger partial charge in [0.1, 0.15) is 5.69 Å². The molecule has 0 aromatic carbocycles. The molecule has 14 heavy (non-hydrogen) atoms. The Hall–Kier alpha value is -1.26. The van der Waals surface area contributed by atoms with E-state index in [-0.39, 0.29) is 5.78 Å². The van der Waals surface area contributed by atoms with Gasteiger partial charge >= 0.3 is 0 Å². The Morgan fingerprint density at radius 3 is 2.86 bits per heavy atom. The summed E-state index contributed by atoms with van der Waals surface area (Å²) in [5.41, 5.74) is 6.90. The zero-order chi connectivity index (χ0) is 10.4. The van der Waals surface area contributed by atoms with Gasteiger partial charge in [0, 0.05) is 32.8 Å². The van der Waals surface area contributed by atoms with Crippen LogP contribution < -0.4 is 11.1 Å². The minimum absolute atomic E-state index is 0.00790. The van der Waals surface area contributed by atoms with Gasteiger partial charge in [-0.1, -0.05) is 6.07 Å². The van der Waals surface area contributed by atoms with Crippen LogP contribution in [-0.4, -0.2) is 23.9 Å². The quantitative estimate of drug-likeness (QED) is 0.522. The summed E-state index contributed by atoms with van der Waals surface area (Å²) in [6, 6.07) is 3.63. The molecule has 0 radical (unpaired) electrons. The second-order valence-corrected chi connectivity index (χ2v) is 3.07. The predicted molar refractivity (Wildman–Crippen MR) is 55.0 cm³/mol. The molecule has 1 heterocycles. The minimum Gasteiger partial charge on any atom is -0.329 e. The van der Waals surface area contributed by atoms with Crippen LogP contribution in [0.15, 0.2) is 18.3 Å². The number of nitrogens with zero attached hydrogens (tertiary/aromatic N) is 1. The van der Waals surface area contributed by atoms with Gasteiger partial charge in [-0.3, -0.25) is 9.78 Å². The van der Waals surface area contributed by atoms with E-state index >= 15 is 0 Å². The Kier molecular flexibility index (Phi) is 4.22. The van der Waals surface area contributed by atoms with E-state index in [0.717, 1.165) is 18.7 Å². The van der Waals surface area contributed by atoms with Crippen molar-refractivity contribution >= 4 is 5.78 Å². The summed E-state index contributed by atoms with van der Waals surface area (Å²) in [5.74, 6) is -0.00790. The van der Waals surface area contributed by atoms with E-state index in [9.17, 15) is 4.79 Å². The lowest BCUT2D eigenvalue weighted by Gasteiger charge is -2.02. The van der Waals surface area contributed by atoms with Crippen LogP contribution in [-0.2, 0) is 6.54 Å². The van der Waals surface area contributed by atoms with Crippen LogP contribution in [0.1, 0.15) is 23.0 Å². The highest BCUT2D eigenvalue weighted by Gasteiger charge is 1.99. The summed E-state index contributed by atoms with van der Waals surface area (Å²) in [6.45, 7) is 3.66. The third-order valence-electron chi connectivity index (χ3n) is 1.84. The molecule has 4 nitrogen and oxygen atoms in total. The molecule has 1 aromatic rings. The fourth-order valence-electron chi connectivity index (χ4n) is 1.07. The molecule has 0 fully saturated rings. The molecule has 0 atom stereocenters. The molecule has 76 valence electrons. The lowest BCUT2D eigenvalue weighted by atomic mass is 10.2. The molecule has 0 aliphatic heterocycles. The number of rotatable bonds is 5. The number of aromatic nitrogens is 1. The first kappa shape index (κ1) is 10.8. The summed E-state index contributed by atoms with van der Waals surface area (Å²) in [6.07, 6.45) is 1.71. The summed E-state index contributed by atoms with van der Waals surface area (Å²) >= 11 is 0. The Morgan fingerprint density at radius 1 is 1.57 bits per heavy atom. The van der Waals surface area contributed by atoms with Gasteiger partial charge in [-0.15, -0.1) is 0 Å². The number of nitrogens with one attached hydrogen (secondary N) is 1. The molecule has 0 saturated carbocycles. The number of Topliss-reactive ketones (excluding diaryl/α,β-unsaturated/α-hetero) is 1. The number of ketones is 1. The molecule has 1 rings (SSSR count). The molecule has 0 saturated heterocycles. The number of nitrogens with two attached hydrogens (primary N) is 1. The van der Waals surface area contributed by atoms with Crippen molar-refractivity contribution in [2.45, 2.75) is 13.5 Å². The van der Waals surface area contributed by atoms with E-state index in [4.69, 9.17) is 5.73 Å². The third kappa shape index (κ3) is 3.24. The van der Waals surface area contributed by atoms with Crippen LogP contribution in [0, 0.1) is 0 Å². The van der Waals surface area contributed by atoms with Crippen molar-refractivity contribution in [3.63, 3.8) is 0 Å². The minimum atomic E-state index is -0.00790. The summed E-state index contributed by atoms with van der Waals surface area (Å²) < 4.78 is 0. The van der Waals surface area contributed by atoms with Gasteiger partial charge in [0.25, 0.3) is 0 Å². The monoisotopic (exact) mass is 193 g/mol.